The molecule has 0 spiro atoms. The highest BCUT2D eigenvalue weighted by molar-refractivity contribution is 7.81. The Hall–Kier alpha value is 0.700. The van der Waals surface area contributed by atoms with Gasteiger partial charge in [-0.05, 0) is 25.7 Å². The molecule has 0 nitrogen and oxygen atoms in total. The molecule has 0 heterocycles. The van der Waals surface area contributed by atoms with Gasteiger partial charge in [-0.25, -0.2) is 0 Å². The first-order chi connectivity index (χ1) is 20.7. The quantitative estimate of drug-likeness (QED) is 0.0497. The number of rotatable bonds is 37. The summed E-state index contributed by atoms with van der Waals surface area (Å²) in [6.45, 7) is 4.61. The van der Waals surface area contributed by atoms with Crippen LogP contribution in [0.4, 0.5) is 0 Å². The minimum Gasteiger partial charge on any atom is -0.176 e. The zero-order valence-electron chi connectivity index (χ0n) is 29.5. The Morgan fingerprint density at radius 2 is 0.381 bits per heavy atom. The van der Waals surface area contributed by atoms with E-state index in [2.05, 4.69) is 13.8 Å². The van der Waals surface area contributed by atoms with Crippen molar-refractivity contribution in [3.8, 4) is 0 Å². The van der Waals surface area contributed by atoms with E-state index in [0.29, 0.717) is 10.5 Å². The minimum absolute atomic E-state index is 0.653. The molecule has 0 N–H and O–H groups in total. The second kappa shape index (κ2) is 37.9. The average molecular weight is 627 g/mol. The van der Waals surface area contributed by atoms with E-state index in [1.54, 1.807) is 0 Å². The molecule has 0 aromatic carbocycles. The van der Waals surface area contributed by atoms with E-state index in [9.17, 15) is 0 Å². The van der Waals surface area contributed by atoms with Crippen LogP contribution in [0.1, 0.15) is 245 Å². The molecule has 2 atom stereocenters. The van der Waals surface area contributed by atoms with Crippen molar-refractivity contribution in [1.82, 2.24) is 0 Å². The molecule has 0 radical (unpaired) electrons. The fraction of sp³-hybridized carbons (Fsp3) is 1.00. The summed E-state index contributed by atoms with van der Waals surface area (Å²) < 4.78 is 0. The van der Waals surface area contributed by atoms with Crippen LogP contribution in [0.2, 0.25) is 0 Å². The standard InChI is InChI=1S/C40H82S2/c1-3-5-7-9-11-12-13-14-15-17-20-24-28-33-37-40(42)38-34-30-26-22-19-16-18-21-25-29-32-36-39(41)35-31-27-23-10-8-6-4-2/h39-42H,3-38H2,1-2H3. The van der Waals surface area contributed by atoms with E-state index < -0.39 is 0 Å². The molecular formula is C40H82S2. The molecule has 0 saturated heterocycles. The van der Waals surface area contributed by atoms with Crippen LogP contribution in [0, 0.1) is 0 Å². The molecule has 0 aliphatic carbocycles. The van der Waals surface area contributed by atoms with Gasteiger partial charge >= 0.3 is 0 Å². The number of unbranched alkanes of at least 4 members (excludes halogenated alkanes) is 29. The lowest BCUT2D eigenvalue weighted by Crippen LogP contribution is -1.99. The lowest BCUT2D eigenvalue weighted by atomic mass is 10.0. The predicted molar refractivity (Wildman–Crippen MR) is 203 cm³/mol. The van der Waals surface area contributed by atoms with Crippen molar-refractivity contribution < 1.29 is 0 Å². The third-order valence-electron chi connectivity index (χ3n) is 9.61. The summed E-state index contributed by atoms with van der Waals surface area (Å²) >= 11 is 9.74. The van der Waals surface area contributed by atoms with Crippen LogP contribution in [-0.2, 0) is 0 Å². The van der Waals surface area contributed by atoms with Gasteiger partial charge in [0, 0.05) is 10.5 Å². The first-order valence-electron chi connectivity index (χ1n) is 20.1. The van der Waals surface area contributed by atoms with E-state index in [1.807, 2.05) is 0 Å². The predicted octanol–water partition coefficient (Wildman–Crippen LogP) is 15.7. The molecule has 2 heteroatoms. The molecule has 0 saturated carbocycles. The van der Waals surface area contributed by atoms with Gasteiger partial charge in [-0.2, -0.15) is 25.3 Å². The summed E-state index contributed by atoms with van der Waals surface area (Å²) in [5.74, 6) is 0. The monoisotopic (exact) mass is 627 g/mol. The van der Waals surface area contributed by atoms with Crippen LogP contribution in [0.5, 0.6) is 0 Å². The van der Waals surface area contributed by atoms with Gasteiger partial charge in [-0.3, -0.25) is 0 Å². The Bertz CT molecular complexity index is 465. The molecule has 0 aromatic rings. The fourth-order valence-electron chi connectivity index (χ4n) is 6.55. The van der Waals surface area contributed by atoms with Gasteiger partial charge in [0.05, 0.1) is 0 Å². The van der Waals surface area contributed by atoms with E-state index in [4.69, 9.17) is 25.3 Å². The molecule has 0 aromatic heterocycles. The van der Waals surface area contributed by atoms with Gasteiger partial charge in [0.15, 0.2) is 0 Å². The van der Waals surface area contributed by atoms with Crippen molar-refractivity contribution in [1.29, 1.82) is 0 Å². The van der Waals surface area contributed by atoms with Gasteiger partial charge < -0.3 is 0 Å². The first kappa shape index (κ1) is 42.7. The third kappa shape index (κ3) is 36.9. The van der Waals surface area contributed by atoms with Crippen molar-refractivity contribution in [2.24, 2.45) is 0 Å². The van der Waals surface area contributed by atoms with Gasteiger partial charge in [0.2, 0.25) is 0 Å². The molecule has 42 heavy (non-hydrogen) atoms. The second-order valence-corrected chi connectivity index (χ2v) is 15.5. The maximum atomic E-state index is 4.89. The van der Waals surface area contributed by atoms with Crippen molar-refractivity contribution >= 4 is 25.3 Å². The topological polar surface area (TPSA) is 0 Å². The van der Waals surface area contributed by atoms with Crippen LogP contribution in [0.25, 0.3) is 0 Å². The minimum atomic E-state index is 0.653. The SMILES string of the molecule is CCCCCCCCCCCCCCCCC(S)CCCCCCCCCCCCCC(S)CCCCCCCCC. The molecular weight excluding hydrogens is 545 g/mol. The van der Waals surface area contributed by atoms with Crippen LogP contribution < -0.4 is 0 Å². The summed E-state index contributed by atoms with van der Waals surface area (Å²) in [7, 11) is 0. The van der Waals surface area contributed by atoms with Crippen LogP contribution in [0.3, 0.4) is 0 Å². The largest absolute Gasteiger partial charge is 0.176 e. The molecule has 0 amide bonds. The summed E-state index contributed by atoms with van der Waals surface area (Å²) in [6.07, 6.45) is 51.5. The first-order valence-corrected chi connectivity index (χ1v) is 21.1. The van der Waals surface area contributed by atoms with E-state index in [-0.39, 0.29) is 0 Å². The Labute approximate surface area is 279 Å². The van der Waals surface area contributed by atoms with Crippen molar-refractivity contribution in [3.05, 3.63) is 0 Å². The molecule has 254 valence electrons. The van der Waals surface area contributed by atoms with Crippen molar-refractivity contribution in [2.75, 3.05) is 0 Å². The zero-order chi connectivity index (χ0) is 30.6. The summed E-state index contributed by atoms with van der Waals surface area (Å²) in [5, 5.41) is 1.31. The second-order valence-electron chi connectivity index (χ2n) is 14.1. The van der Waals surface area contributed by atoms with Crippen LogP contribution in [0.15, 0.2) is 0 Å². The van der Waals surface area contributed by atoms with E-state index in [0.717, 1.165) is 0 Å². The lowest BCUT2D eigenvalue weighted by molar-refractivity contribution is 0.515. The maximum Gasteiger partial charge on any atom is 0.00168 e. The Morgan fingerprint density at radius 1 is 0.238 bits per heavy atom. The average Bonchev–Trinajstić information content (AvgIpc) is 2.99. The van der Waals surface area contributed by atoms with E-state index >= 15 is 0 Å². The fourth-order valence-corrected chi connectivity index (χ4v) is 7.28. The van der Waals surface area contributed by atoms with Gasteiger partial charge in [-0.1, -0.05) is 219 Å². The zero-order valence-corrected chi connectivity index (χ0v) is 31.3. The summed E-state index contributed by atoms with van der Waals surface area (Å²) in [5.41, 5.74) is 0. The Morgan fingerprint density at radius 3 is 0.548 bits per heavy atom. The molecule has 0 bridgehead atoms. The van der Waals surface area contributed by atoms with Crippen molar-refractivity contribution in [3.63, 3.8) is 0 Å². The number of hydrogen-bond donors (Lipinski definition) is 2. The Kier molecular flexibility index (Phi) is 38.5. The lowest BCUT2D eigenvalue weighted by Gasteiger charge is -2.11. The third-order valence-corrected chi connectivity index (χ3v) is 10.6. The number of thiol groups is 2. The normalized spacial score (nSPS) is 13.1. The highest BCUT2D eigenvalue weighted by Gasteiger charge is 2.04. The molecule has 0 aliphatic heterocycles. The molecule has 2 unspecified atom stereocenters. The van der Waals surface area contributed by atoms with Gasteiger partial charge in [0.25, 0.3) is 0 Å². The highest BCUT2D eigenvalue weighted by Crippen LogP contribution is 2.20. The molecule has 0 fully saturated rings. The highest BCUT2D eigenvalue weighted by atomic mass is 32.1. The van der Waals surface area contributed by atoms with Crippen LogP contribution >= 0.6 is 25.3 Å². The molecule has 0 aliphatic rings. The van der Waals surface area contributed by atoms with Crippen molar-refractivity contribution in [2.45, 2.75) is 255 Å². The van der Waals surface area contributed by atoms with Gasteiger partial charge in [-0.15, -0.1) is 0 Å². The summed E-state index contributed by atoms with van der Waals surface area (Å²) in [4.78, 5) is 0. The van der Waals surface area contributed by atoms with Gasteiger partial charge in [0.1, 0.15) is 0 Å². The van der Waals surface area contributed by atoms with E-state index in [1.165, 1.54) is 231 Å². The smallest absolute Gasteiger partial charge is 0.00168 e. The summed E-state index contributed by atoms with van der Waals surface area (Å²) in [6, 6.07) is 0. The Balaban J connectivity index is 3.20. The van der Waals surface area contributed by atoms with Crippen LogP contribution in [-0.4, -0.2) is 10.5 Å². The number of hydrogen-bond acceptors (Lipinski definition) is 2. The maximum absolute atomic E-state index is 4.89. The molecule has 0 rings (SSSR count).